The molecular weight excluding hydrogens is 300 g/mol. The van der Waals surface area contributed by atoms with E-state index in [1.54, 1.807) is 0 Å². The van der Waals surface area contributed by atoms with Crippen LogP contribution in [-0.4, -0.2) is 36.0 Å². The van der Waals surface area contributed by atoms with Gasteiger partial charge in [-0.1, -0.05) is 0 Å². The molecule has 2 N–H and O–H groups in total. The van der Waals surface area contributed by atoms with Crippen LogP contribution in [0.15, 0.2) is 0 Å². The van der Waals surface area contributed by atoms with Gasteiger partial charge in [-0.15, -0.1) is 0 Å². The third kappa shape index (κ3) is 3.30. The number of phenolic OH excluding ortho intramolecular Hbond substituents is 1. The lowest BCUT2D eigenvalue weighted by molar-refractivity contribution is -0.137. The fraction of sp³-hybridized carbons (Fsp3) is 0.588. The third-order valence-electron chi connectivity index (χ3n) is 4.36. The minimum absolute atomic E-state index is 0.0711. The fourth-order valence-corrected chi connectivity index (χ4v) is 3.10. The van der Waals surface area contributed by atoms with Crippen molar-refractivity contribution in [3.05, 3.63) is 11.1 Å². The molecule has 23 heavy (non-hydrogen) atoms. The highest BCUT2D eigenvalue weighted by Gasteiger charge is 2.40. The first kappa shape index (κ1) is 17.2. The molecule has 1 heterocycles. The third-order valence-corrected chi connectivity index (χ3v) is 4.36. The lowest BCUT2D eigenvalue weighted by atomic mass is 9.91. The van der Waals surface area contributed by atoms with Gasteiger partial charge in [0, 0.05) is 24.0 Å². The average Bonchev–Trinajstić information content (AvgIpc) is 2.85. The zero-order chi connectivity index (χ0) is 17.2. The predicted octanol–water partition coefficient (Wildman–Crippen LogP) is 3.06. The number of hydrogen-bond donors (Lipinski definition) is 2. The number of ether oxygens (including phenoxy) is 3. The zero-order valence-corrected chi connectivity index (χ0v) is 14.1. The Kier molecular flexibility index (Phi) is 4.92. The van der Waals surface area contributed by atoms with E-state index in [1.165, 1.54) is 14.2 Å². The lowest BCUT2D eigenvalue weighted by Gasteiger charge is -2.24. The minimum Gasteiger partial charge on any atom is -0.504 e. The predicted molar refractivity (Wildman–Crippen MR) is 84.8 cm³/mol. The summed E-state index contributed by atoms with van der Waals surface area (Å²) in [7, 11) is 2.99. The molecule has 0 saturated carbocycles. The Labute approximate surface area is 136 Å². The van der Waals surface area contributed by atoms with Crippen molar-refractivity contribution in [3.8, 4) is 23.0 Å². The van der Waals surface area contributed by atoms with Crippen molar-refractivity contribution in [2.75, 3.05) is 14.2 Å². The molecule has 2 rings (SSSR count). The largest absolute Gasteiger partial charge is 0.504 e. The molecule has 0 bridgehead atoms. The molecule has 6 heteroatoms. The highest BCUT2D eigenvalue weighted by Crippen LogP contribution is 2.54. The summed E-state index contributed by atoms with van der Waals surface area (Å²) in [5.41, 5.74) is 1.21. The minimum atomic E-state index is -0.780. The summed E-state index contributed by atoms with van der Waals surface area (Å²) in [5, 5.41) is 19.0. The van der Waals surface area contributed by atoms with Gasteiger partial charge in [0.05, 0.1) is 14.2 Å². The van der Waals surface area contributed by atoms with E-state index in [4.69, 9.17) is 19.3 Å². The molecule has 1 aliphatic rings. The second kappa shape index (κ2) is 6.56. The number of rotatable bonds is 7. The number of carboxylic acid groups (broad SMARTS) is 1. The molecule has 0 fully saturated rings. The summed E-state index contributed by atoms with van der Waals surface area (Å²) >= 11 is 0. The van der Waals surface area contributed by atoms with Crippen molar-refractivity contribution in [1.82, 2.24) is 0 Å². The molecule has 1 unspecified atom stereocenters. The molecule has 0 aromatic heterocycles. The van der Waals surface area contributed by atoms with Crippen LogP contribution in [0.25, 0.3) is 0 Å². The van der Waals surface area contributed by atoms with E-state index >= 15 is 0 Å². The SMILES string of the molecule is COc1c(O)c(C)c2c(c1OC)OC(C)(CCCCC(=O)O)C2. The number of carbonyl (C=O) groups is 1. The van der Waals surface area contributed by atoms with Gasteiger partial charge >= 0.3 is 5.97 Å². The first-order valence-corrected chi connectivity index (χ1v) is 7.70. The van der Waals surface area contributed by atoms with Crippen LogP contribution >= 0.6 is 0 Å². The highest BCUT2D eigenvalue weighted by molar-refractivity contribution is 5.68. The Hall–Kier alpha value is -2.11. The Balaban J connectivity index is 2.23. The van der Waals surface area contributed by atoms with E-state index < -0.39 is 11.6 Å². The van der Waals surface area contributed by atoms with Crippen LogP contribution in [0.1, 0.15) is 43.7 Å². The number of methoxy groups -OCH3 is 2. The van der Waals surface area contributed by atoms with Crippen LogP contribution in [0.2, 0.25) is 0 Å². The molecule has 0 saturated heterocycles. The number of benzene rings is 1. The van der Waals surface area contributed by atoms with Crippen molar-refractivity contribution in [2.24, 2.45) is 0 Å². The van der Waals surface area contributed by atoms with E-state index in [1.807, 2.05) is 13.8 Å². The quantitative estimate of drug-likeness (QED) is 0.750. The van der Waals surface area contributed by atoms with Gasteiger partial charge in [0.1, 0.15) is 5.60 Å². The maximum Gasteiger partial charge on any atom is 0.303 e. The number of aromatic hydroxyl groups is 1. The summed E-state index contributed by atoms with van der Waals surface area (Å²) in [6, 6.07) is 0. The molecule has 0 spiro atoms. The van der Waals surface area contributed by atoms with Crippen molar-refractivity contribution in [2.45, 2.75) is 51.6 Å². The summed E-state index contributed by atoms with van der Waals surface area (Å²) in [5.74, 6) is 0.582. The van der Waals surface area contributed by atoms with Crippen molar-refractivity contribution >= 4 is 5.97 Å². The Morgan fingerprint density at radius 2 is 1.91 bits per heavy atom. The van der Waals surface area contributed by atoms with Gasteiger partial charge in [0.15, 0.2) is 11.5 Å². The molecule has 0 aliphatic carbocycles. The lowest BCUT2D eigenvalue weighted by Crippen LogP contribution is -2.30. The molecular formula is C17H24O6. The van der Waals surface area contributed by atoms with Crippen molar-refractivity contribution in [3.63, 3.8) is 0 Å². The smallest absolute Gasteiger partial charge is 0.303 e. The first-order valence-electron chi connectivity index (χ1n) is 7.70. The van der Waals surface area contributed by atoms with Crippen LogP contribution < -0.4 is 14.2 Å². The van der Waals surface area contributed by atoms with Gasteiger partial charge in [0.25, 0.3) is 0 Å². The first-order chi connectivity index (χ1) is 10.8. The summed E-state index contributed by atoms with van der Waals surface area (Å²) in [6.07, 6.45) is 2.94. The number of aliphatic carboxylic acids is 1. The Morgan fingerprint density at radius 1 is 1.26 bits per heavy atom. The van der Waals surface area contributed by atoms with E-state index in [-0.39, 0.29) is 17.9 Å². The average molecular weight is 324 g/mol. The topological polar surface area (TPSA) is 85.2 Å². The van der Waals surface area contributed by atoms with Gasteiger partial charge < -0.3 is 24.4 Å². The van der Waals surface area contributed by atoms with E-state index in [0.717, 1.165) is 24.0 Å². The van der Waals surface area contributed by atoms with Crippen molar-refractivity contribution in [1.29, 1.82) is 0 Å². The molecule has 1 atom stereocenters. The van der Waals surface area contributed by atoms with Crippen molar-refractivity contribution < 1.29 is 29.2 Å². The zero-order valence-electron chi connectivity index (χ0n) is 14.1. The van der Waals surface area contributed by atoms with Gasteiger partial charge in [-0.3, -0.25) is 4.79 Å². The highest BCUT2D eigenvalue weighted by atomic mass is 16.5. The monoisotopic (exact) mass is 324 g/mol. The number of fused-ring (bicyclic) bond motifs is 1. The maximum absolute atomic E-state index is 10.6. The van der Waals surface area contributed by atoms with Gasteiger partial charge in [-0.2, -0.15) is 0 Å². The van der Waals surface area contributed by atoms with E-state index in [9.17, 15) is 9.90 Å². The van der Waals surface area contributed by atoms with E-state index in [2.05, 4.69) is 0 Å². The van der Waals surface area contributed by atoms with E-state index in [0.29, 0.717) is 24.3 Å². The molecule has 0 amide bonds. The molecule has 1 aromatic rings. The second-order valence-corrected chi connectivity index (χ2v) is 6.18. The number of hydrogen-bond acceptors (Lipinski definition) is 5. The van der Waals surface area contributed by atoms with Crippen LogP contribution in [0.3, 0.4) is 0 Å². The Morgan fingerprint density at radius 3 is 2.48 bits per heavy atom. The van der Waals surface area contributed by atoms with Gasteiger partial charge in [0.2, 0.25) is 11.5 Å². The molecule has 0 radical (unpaired) electrons. The normalized spacial score (nSPS) is 19.1. The summed E-state index contributed by atoms with van der Waals surface area (Å²) in [4.78, 5) is 10.6. The number of unbranched alkanes of at least 4 members (excludes halogenated alkanes) is 1. The molecule has 6 nitrogen and oxygen atoms in total. The Bertz CT molecular complexity index is 610. The second-order valence-electron chi connectivity index (χ2n) is 6.18. The summed E-state index contributed by atoms with van der Waals surface area (Å²) in [6.45, 7) is 3.83. The molecule has 1 aliphatic heterocycles. The van der Waals surface area contributed by atoms with Gasteiger partial charge in [-0.05, 0) is 33.1 Å². The van der Waals surface area contributed by atoms with Crippen LogP contribution in [0, 0.1) is 6.92 Å². The van der Waals surface area contributed by atoms with Crippen LogP contribution in [0.4, 0.5) is 0 Å². The van der Waals surface area contributed by atoms with Gasteiger partial charge in [-0.25, -0.2) is 0 Å². The number of carboxylic acids is 1. The van der Waals surface area contributed by atoms with Crippen LogP contribution in [-0.2, 0) is 11.2 Å². The number of phenols is 1. The fourth-order valence-electron chi connectivity index (χ4n) is 3.10. The maximum atomic E-state index is 10.6. The molecule has 128 valence electrons. The standard InChI is InChI=1S/C17H24O6/c1-10-11-9-17(2,8-6-5-7-12(18)19)23-14(11)16(22-4)15(21-3)13(10)20/h20H,5-9H2,1-4H3,(H,18,19). The summed E-state index contributed by atoms with van der Waals surface area (Å²) < 4.78 is 16.8. The molecule has 1 aromatic carbocycles. The van der Waals surface area contributed by atoms with Crippen LogP contribution in [0.5, 0.6) is 23.0 Å².